The van der Waals surface area contributed by atoms with Gasteiger partial charge in [0.25, 0.3) is 0 Å². The van der Waals surface area contributed by atoms with Crippen LogP contribution in [0.5, 0.6) is 0 Å². The molecule has 2 aliphatic heterocycles. The number of hydrogen-bond acceptors (Lipinski definition) is 6. The third-order valence-electron chi connectivity index (χ3n) is 5.20. The number of anilines is 1. The van der Waals surface area contributed by atoms with Gasteiger partial charge in [-0.3, -0.25) is 0 Å². The van der Waals surface area contributed by atoms with E-state index in [-0.39, 0.29) is 11.2 Å². The highest BCUT2D eigenvalue weighted by Crippen LogP contribution is 2.41. The number of rotatable bonds is 5. The van der Waals surface area contributed by atoms with Crippen LogP contribution in [0.2, 0.25) is 0 Å². The number of fused-ring (bicyclic) bond motifs is 2. The molecule has 1 spiro atoms. The maximum atomic E-state index is 12.6. The Morgan fingerprint density at radius 3 is 2.76 bits per heavy atom. The van der Waals surface area contributed by atoms with E-state index in [2.05, 4.69) is 4.98 Å². The van der Waals surface area contributed by atoms with Crippen LogP contribution in [0.3, 0.4) is 0 Å². The SMILES string of the molecule is CCCCS(=O)(=O)N1CC[C@]2(COCc3c(C)nc(N(C)C)nc32)C1. The summed E-state index contributed by atoms with van der Waals surface area (Å²) in [6.45, 7) is 5.99. The first kappa shape index (κ1) is 18.5. The van der Waals surface area contributed by atoms with Crippen molar-refractivity contribution in [1.29, 1.82) is 0 Å². The van der Waals surface area contributed by atoms with E-state index in [9.17, 15) is 8.42 Å². The van der Waals surface area contributed by atoms with Gasteiger partial charge in [0.1, 0.15) is 0 Å². The van der Waals surface area contributed by atoms with E-state index in [0.29, 0.717) is 38.7 Å². The Morgan fingerprint density at radius 2 is 2.08 bits per heavy atom. The monoisotopic (exact) mass is 368 g/mol. The Hall–Kier alpha value is -1.25. The smallest absolute Gasteiger partial charge is 0.225 e. The van der Waals surface area contributed by atoms with Crippen molar-refractivity contribution in [3.8, 4) is 0 Å². The topological polar surface area (TPSA) is 75.6 Å². The average molecular weight is 369 g/mol. The number of ether oxygens (including phenoxy) is 1. The summed E-state index contributed by atoms with van der Waals surface area (Å²) >= 11 is 0. The number of aryl methyl sites for hydroxylation is 1. The predicted octanol–water partition coefficient (Wildman–Crippen LogP) is 1.45. The maximum Gasteiger partial charge on any atom is 0.225 e. The van der Waals surface area contributed by atoms with Crippen molar-refractivity contribution in [3.05, 3.63) is 17.0 Å². The molecule has 0 aromatic carbocycles. The molecule has 0 unspecified atom stereocenters. The Bertz CT molecular complexity index is 751. The third kappa shape index (κ3) is 3.39. The van der Waals surface area contributed by atoms with E-state index >= 15 is 0 Å². The first-order chi connectivity index (χ1) is 11.8. The van der Waals surface area contributed by atoms with E-state index in [1.165, 1.54) is 0 Å². The van der Waals surface area contributed by atoms with Crippen molar-refractivity contribution in [3.63, 3.8) is 0 Å². The van der Waals surface area contributed by atoms with Gasteiger partial charge in [0, 0.05) is 38.4 Å². The first-order valence-corrected chi connectivity index (χ1v) is 10.5. The van der Waals surface area contributed by atoms with Crippen molar-refractivity contribution in [2.45, 2.75) is 45.1 Å². The normalized spacial score (nSPS) is 23.8. The van der Waals surface area contributed by atoms with E-state index in [4.69, 9.17) is 9.72 Å². The molecule has 3 heterocycles. The fourth-order valence-electron chi connectivity index (χ4n) is 3.65. The van der Waals surface area contributed by atoms with Crippen LogP contribution in [0.4, 0.5) is 5.95 Å². The van der Waals surface area contributed by atoms with Crippen LogP contribution in [0.15, 0.2) is 0 Å². The molecule has 3 rings (SSSR count). The summed E-state index contributed by atoms with van der Waals surface area (Å²) in [5.74, 6) is 0.892. The van der Waals surface area contributed by atoms with Gasteiger partial charge in [-0.2, -0.15) is 0 Å². The van der Waals surface area contributed by atoms with Crippen LogP contribution < -0.4 is 4.90 Å². The lowest BCUT2D eigenvalue weighted by molar-refractivity contribution is 0.0526. The summed E-state index contributed by atoms with van der Waals surface area (Å²) in [4.78, 5) is 11.2. The maximum absolute atomic E-state index is 12.6. The lowest BCUT2D eigenvalue weighted by atomic mass is 9.80. The van der Waals surface area contributed by atoms with Crippen molar-refractivity contribution in [2.24, 2.45) is 0 Å². The predicted molar refractivity (Wildman–Crippen MR) is 97.3 cm³/mol. The summed E-state index contributed by atoms with van der Waals surface area (Å²) in [6, 6.07) is 0. The Labute approximate surface area is 150 Å². The molecule has 8 heteroatoms. The highest BCUT2D eigenvalue weighted by atomic mass is 32.2. The summed E-state index contributed by atoms with van der Waals surface area (Å²) in [5, 5.41) is 0. The molecule has 0 amide bonds. The zero-order valence-corrected chi connectivity index (χ0v) is 16.4. The molecule has 0 radical (unpaired) electrons. The quantitative estimate of drug-likeness (QED) is 0.783. The van der Waals surface area contributed by atoms with Crippen molar-refractivity contribution >= 4 is 16.0 Å². The molecular formula is C17H28N4O3S. The van der Waals surface area contributed by atoms with Crippen molar-refractivity contribution in [2.75, 3.05) is 44.4 Å². The van der Waals surface area contributed by atoms with E-state index in [0.717, 1.165) is 29.8 Å². The number of sulfonamides is 1. The second-order valence-corrected chi connectivity index (χ2v) is 9.45. The summed E-state index contributed by atoms with van der Waals surface area (Å²) < 4.78 is 32.7. The molecule has 0 N–H and O–H groups in total. The van der Waals surface area contributed by atoms with Gasteiger partial charge in [-0.15, -0.1) is 0 Å². The van der Waals surface area contributed by atoms with Gasteiger partial charge < -0.3 is 9.64 Å². The van der Waals surface area contributed by atoms with E-state index in [1.807, 2.05) is 32.8 Å². The van der Waals surface area contributed by atoms with Crippen LogP contribution in [0.25, 0.3) is 0 Å². The number of nitrogens with zero attached hydrogens (tertiary/aromatic N) is 4. The van der Waals surface area contributed by atoms with Crippen molar-refractivity contribution < 1.29 is 13.2 Å². The van der Waals surface area contributed by atoms with E-state index in [1.54, 1.807) is 4.31 Å². The molecule has 1 aromatic rings. The number of hydrogen-bond donors (Lipinski definition) is 0. The molecule has 1 saturated heterocycles. The van der Waals surface area contributed by atoms with Crippen molar-refractivity contribution in [1.82, 2.24) is 14.3 Å². The van der Waals surface area contributed by atoms with Crippen LogP contribution in [-0.4, -0.2) is 62.2 Å². The van der Waals surface area contributed by atoms with Crippen LogP contribution >= 0.6 is 0 Å². The standard InChI is InChI=1S/C17H28N4O3S/c1-5-6-9-25(22,23)21-8-7-17(11-21)12-24-10-14-13(2)18-16(20(3)4)19-15(14)17/h5-12H2,1-4H3/t17-/m1/s1. The molecule has 1 fully saturated rings. The lowest BCUT2D eigenvalue weighted by Gasteiger charge is -2.35. The largest absolute Gasteiger partial charge is 0.376 e. The van der Waals surface area contributed by atoms with Gasteiger partial charge >= 0.3 is 0 Å². The highest BCUT2D eigenvalue weighted by molar-refractivity contribution is 7.89. The Balaban J connectivity index is 1.95. The molecule has 25 heavy (non-hydrogen) atoms. The summed E-state index contributed by atoms with van der Waals surface area (Å²) in [5.41, 5.74) is 2.55. The van der Waals surface area contributed by atoms with Gasteiger partial charge in [0.05, 0.1) is 30.1 Å². The minimum Gasteiger partial charge on any atom is -0.376 e. The zero-order chi connectivity index (χ0) is 18.2. The van der Waals surface area contributed by atoms with Gasteiger partial charge in [0.15, 0.2) is 0 Å². The van der Waals surface area contributed by atoms with Gasteiger partial charge in [-0.25, -0.2) is 22.7 Å². The fourth-order valence-corrected chi connectivity index (χ4v) is 5.37. The molecule has 7 nitrogen and oxygen atoms in total. The molecule has 140 valence electrons. The van der Waals surface area contributed by atoms with Gasteiger partial charge in [-0.1, -0.05) is 13.3 Å². The molecular weight excluding hydrogens is 340 g/mol. The minimum absolute atomic E-state index is 0.221. The molecule has 0 aliphatic carbocycles. The van der Waals surface area contributed by atoms with Gasteiger partial charge in [0.2, 0.25) is 16.0 Å². The third-order valence-corrected chi connectivity index (χ3v) is 7.10. The Morgan fingerprint density at radius 1 is 1.32 bits per heavy atom. The fraction of sp³-hybridized carbons (Fsp3) is 0.765. The second-order valence-electron chi connectivity index (χ2n) is 7.36. The highest BCUT2D eigenvalue weighted by Gasteiger charge is 2.48. The molecule has 1 atom stereocenters. The number of unbranched alkanes of at least 4 members (excludes halogenated alkanes) is 1. The zero-order valence-electron chi connectivity index (χ0n) is 15.6. The van der Waals surface area contributed by atoms with Crippen LogP contribution in [0, 0.1) is 6.92 Å². The lowest BCUT2D eigenvalue weighted by Crippen LogP contribution is -2.42. The molecule has 0 bridgehead atoms. The molecule has 2 aliphatic rings. The van der Waals surface area contributed by atoms with E-state index < -0.39 is 10.0 Å². The molecule has 0 saturated carbocycles. The minimum atomic E-state index is -3.21. The summed E-state index contributed by atoms with van der Waals surface area (Å²) in [6.07, 6.45) is 2.32. The summed E-state index contributed by atoms with van der Waals surface area (Å²) in [7, 11) is 0.627. The first-order valence-electron chi connectivity index (χ1n) is 8.90. The number of aromatic nitrogens is 2. The van der Waals surface area contributed by atoms with Crippen LogP contribution in [-0.2, 0) is 26.8 Å². The van der Waals surface area contributed by atoms with Crippen LogP contribution in [0.1, 0.15) is 43.1 Å². The molecule has 1 aromatic heterocycles. The second kappa shape index (κ2) is 6.81. The van der Waals surface area contributed by atoms with Gasteiger partial charge in [-0.05, 0) is 19.8 Å². The Kier molecular flexibility index (Phi) is 5.05. The average Bonchev–Trinajstić information content (AvgIpc) is 2.99.